The average Bonchev–Trinajstić information content (AvgIpc) is 2.84. The van der Waals surface area contributed by atoms with Crippen LogP contribution in [-0.2, 0) is 22.6 Å². The molecule has 3 amide bonds. The van der Waals surface area contributed by atoms with Crippen molar-refractivity contribution in [1.29, 1.82) is 0 Å². The summed E-state index contributed by atoms with van der Waals surface area (Å²) in [6.07, 6.45) is 1.28. The fraction of sp³-hybridized carbons (Fsp3) is 0.500. The predicted molar refractivity (Wildman–Crippen MR) is 141 cm³/mol. The lowest BCUT2D eigenvalue weighted by Crippen LogP contribution is -2.55. The molecule has 2 N–H and O–H groups in total. The van der Waals surface area contributed by atoms with Gasteiger partial charge in [-0.25, -0.2) is 4.79 Å². The minimum absolute atomic E-state index is 0.130. The van der Waals surface area contributed by atoms with E-state index in [1.807, 2.05) is 79.7 Å². The summed E-state index contributed by atoms with van der Waals surface area (Å²) in [5, 5.41) is 5.99. The number of likely N-dealkylation sites (N-methyl/N-ethyl adjacent to an activating group) is 1. The second-order valence-electron chi connectivity index (χ2n) is 9.45. The van der Waals surface area contributed by atoms with Crippen molar-refractivity contribution >= 4 is 11.9 Å². The van der Waals surface area contributed by atoms with Crippen LogP contribution in [0, 0.1) is 5.92 Å². The molecule has 0 radical (unpaired) electrons. The predicted octanol–water partition coefficient (Wildman–Crippen LogP) is 3.55. The van der Waals surface area contributed by atoms with E-state index in [0.29, 0.717) is 45.2 Å². The smallest absolute Gasteiger partial charge is 0.318 e. The number of nitrogens with one attached hydrogen (secondary N) is 2. The Morgan fingerprint density at radius 2 is 1.49 bits per heavy atom. The number of nitrogens with zero attached hydrogens (tertiary/aromatic N) is 2. The van der Waals surface area contributed by atoms with E-state index in [2.05, 4.69) is 24.5 Å². The number of carbonyl (C=O) groups is 2. The van der Waals surface area contributed by atoms with Gasteiger partial charge in [0.15, 0.2) is 0 Å². The monoisotopic (exact) mass is 482 g/mol. The molecule has 2 aromatic rings. The zero-order chi connectivity index (χ0) is 25.5. The second kappa shape index (κ2) is 15.9. The van der Waals surface area contributed by atoms with Crippen molar-refractivity contribution in [3.05, 3.63) is 71.8 Å². The van der Waals surface area contributed by atoms with Crippen LogP contribution in [0.1, 0.15) is 31.4 Å². The molecule has 0 aliphatic rings. The number of carbonyl (C=O) groups excluding carboxylic acids is 2. The lowest BCUT2D eigenvalue weighted by Gasteiger charge is -2.32. The first-order chi connectivity index (χ1) is 16.9. The van der Waals surface area contributed by atoms with Crippen molar-refractivity contribution in [1.82, 2.24) is 20.4 Å². The maximum Gasteiger partial charge on any atom is 0.318 e. The molecule has 0 aliphatic heterocycles. The molecule has 35 heavy (non-hydrogen) atoms. The van der Waals surface area contributed by atoms with Crippen molar-refractivity contribution in [2.45, 2.75) is 39.3 Å². The van der Waals surface area contributed by atoms with Crippen LogP contribution in [0.25, 0.3) is 0 Å². The Kier molecular flexibility index (Phi) is 12.9. The Bertz CT molecular complexity index is 859. The molecule has 1 unspecified atom stereocenters. The van der Waals surface area contributed by atoms with Gasteiger partial charge in [0.1, 0.15) is 6.04 Å². The van der Waals surface area contributed by atoms with Gasteiger partial charge in [-0.3, -0.25) is 4.79 Å². The summed E-state index contributed by atoms with van der Waals surface area (Å²) in [4.78, 5) is 30.3. The second-order valence-corrected chi connectivity index (χ2v) is 9.45. The highest BCUT2D eigenvalue weighted by molar-refractivity contribution is 5.87. The lowest BCUT2D eigenvalue weighted by atomic mass is 10.0. The van der Waals surface area contributed by atoms with Crippen molar-refractivity contribution in [2.75, 3.05) is 46.9 Å². The molecule has 2 rings (SSSR count). The van der Waals surface area contributed by atoms with Crippen LogP contribution < -0.4 is 10.6 Å². The Morgan fingerprint density at radius 1 is 0.857 bits per heavy atom. The van der Waals surface area contributed by atoms with E-state index in [1.54, 1.807) is 4.90 Å². The summed E-state index contributed by atoms with van der Waals surface area (Å²) in [5.41, 5.74) is 2.11. The number of rotatable bonds is 15. The first-order valence-corrected chi connectivity index (χ1v) is 12.5. The number of ether oxygens (including phenoxy) is 1. The highest BCUT2D eigenvalue weighted by Crippen LogP contribution is 2.13. The van der Waals surface area contributed by atoms with Crippen molar-refractivity contribution in [2.24, 2.45) is 5.92 Å². The third-order valence-electron chi connectivity index (χ3n) is 5.65. The van der Waals surface area contributed by atoms with E-state index in [9.17, 15) is 9.59 Å². The number of amides is 3. The highest BCUT2D eigenvalue weighted by Gasteiger charge is 2.30. The van der Waals surface area contributed by atoms with Crippen LogP contribution in [0.5, 0.6) is 0 Å². The van der Waals surface area contributed by atoms with Gasteiger partial charge in [-0.2, -0.15) is 0 Å². The maximum atomic E-state index is 13.3. The Hall–Kier alpha value is -2.90. The van der Waals surface area contributed by atoms with Gasteiger partial charge in [0, 0.05) is 32.6 Å². The first kappa shape index (κ1) is 28.3. The average molecular weight is 483 g/mol. The van der Waals surface area contributed by atoms with Gasteiger partial charge < -0.3 is 25.2 Å². The Labute approximate surface area is 210 Å². The maximum absolute atomic E-state index is 13.3. The van der Waals surface area contributed by atoms with Crippen LogP contribution in [-0.4, -0.2) is 74.7 Å². The molecule has 0 saturated carbocycles. The SMILES string of the molecule is CC(C)CCN(C(=O)NCCOCc1ccccc1)C(Cc1ccccc1)C(=O)NCCN(C)C. The van der Waals surface area contributed by atoms with Crippen LogP contribution in [0.3, 0.4) is 0 Å². The molecule has 0 spiro atoms. The normalized spacial score (nSPS) is 11.9. The third-order valence-corrected chi connectivity index (χ3v) is 5.65. The molecule has 192 valence electrons. The highest BCUT2D eigenvalue weighted by atomic mass is 16.5. The van der Waals surface area contributed by atoms with Gasteiger partial charge in [0.05, 0.1) is 13.2 Å². The number of urea groups is 1. The van der Waals surface area contributed by atoms with Crippen molar-refractivity contribution < 1.29 is 14.3 Å². The summed E-state index contributed by atoms with van der Waals surface area (Å²) in [5.74, 6) is 0.281. The zero-order valence-corrected chi connectivity index (χ0v) is 21.7. The quantitative estimate of drug-likeness (QED) is 0.381. The summed E-state index contributed by atoms with van der Waals surface area (Å²) < 4.78 is 5.71. The molecular formula is C28H42N4O3. The molecule has 0 bridgehead atoms. The van der Waals surface area contributed by atoms with Gasteiger partial charge in [-0.1, -0.05) is 74.5 Å². The number of benzene rings is 2. The molecule has 0 heterocycles. The molecule has 0 saturated heterocycles. The molecule has 1 atom stereocenters. The van der Waals surface area contributed by atoms with E-state index >= 15 is 0 Å². The Morgan fingerprint density at radius 3 is 2.09 bits per heavy atom. The summed E-state index contributed by atoms with van der Waals surface area (Å²) in [7, 11) is 3.94. The molecular weight excluding hydrogens is 440 g/mol. The van der Waals surface area contributed by atoms with Gasteiger partial charge in [0.25, 0.3) is 0 Å². The van der Waals surface area contributed by atoms with E-state index < -0.39 is 6.04 Å². The molecule has 0 aromatic heterocycles. The lowest BCUT2D eigenvalue weighted by molar-refractivity contribution is -0.125. The van der Waals surface area contributed by atoms with Gasteiger partial charge in [-0.05, 0) is 37.6 Å². The molecule has 7 heteroatoms. The molecule has 7 nitrogen and oxygen atoms in total. The van der Waals surface area contributed by atoms with E-state index in [4.69, 9.17) is 4.74 Å². The molecule has 2 aromatic carbocycles. The summed E-state index contributed by atoms with van der Waals surface area (Å²) >= 11 is 0. The van der Waals surface area contributed by atoms with Crippen LogP contribution in [0.2, 0.25) is 0 Å². The molecule has 0 aliphatic carbocycles. The van der Waals surface area contributed by atoms with Gasteiger partial charge in [-0.15, -0.1) is 0 Å². The number of hydrogen-bond donors (Lipinski definition) is 2. The fourth-order valence-corrected chi connectivity index (χ4v) is 3.59. The number of hydrogen-bond acceptors (Lipinski definition) is 4. The standard InChI is InChI=1S/C28H42N4O3/c1-23(2)15-18-32(28(34)30-17-20-35-22-25-13-9-6-10-14-25)26(21-24-11-7-5-8-12-24)27(33)29-16-19-31(3)4/h5-14,23,26H,15-22H2,1-4H3,(H,29,33)(H,30,34). The van der Waals surface area contributed by atoms with Crippen LogP contribution in [0.15, 0.2) is 60.7 Å². The summed E-state index contributed by atoms with van der Waals surface area (Å²) in [6.45, 7) is 7.30. The first-order valence-electron chi connectivity index (χ1n) is 12.5. The van der Waals surface area contributed by atoms with Crippen molar-refractivity contribution in [3.8, 4) is 0 Å². The van der Waals surface area contributed by atoms with Crippen LogP contribution in [0.4, 0.5) is 4.79 Å². The topological polar surface area (TPSA) is 73.9 Å². The van der Waals surface area contributed by atoms with E-state index in [-0.39, 0.29) is 11.9 Å². The summed E-state index contributed by atoms with van der Waals surface area (Å²) in [6, 6.07) is 19.0. The largest absolute Gasteiger partial charge is 0.375 e. The third kappa shape index (κ3) is 11.4. The minimum Gasteiger partial charge on any atom is -0.375 e. The van der Waals surface area contributed by atoms with Gasteiger partial charge in [0.2, 0.25) is 5.91 Å². The van der Waals surface area contributed by atoms with Crippen molar-refractivity contribution in [3.63, 3.8) is 0 Å². The van der Waals surface area contributed by atoms with Crippen LogP contribution >= 0.6 is 0 Å². The van der Waals surface area contributed by atoms with E-state index in [1.165, 1.54) is 0 Å². The van der Waals surface area contributed by atoms with E-state index in [0.717, 1.165) is 24.1 Å². The zero-order valence-electron chi connectivity index (χ0n) is 21.7. The minimum atomic E-state index is -0.594. The molecule has 0 fully saturated rings. The van der Waals surface area contributed by atoms with Gasteiger partial charge >= 0.3 is 6.03 Å². The Balaban J connectivity index is 2.04. The fourth-order valence-electron chi connectivity index (χ4n) is 3.59.